The monoisotopic (exact) mass is 457 g/mol. The van der Waals surface area contributed by atoms with Crippen LogP contribution in [0.4, 0.5) is 5.82 Å². The summed E-state index contributed by atoms with van der Waals surface area (Å²) in [6.45, 7) is 9.73. The quantitative estimate of drug-likeness (QED) is 0.567. The fraction of sp³-hybridized carbons (Fsp3) is 0.385. The number of piperazine rings is 1. The van der Waals surface area contributed by atoms with Gasteiger partial charge in [0.25, 0.3) is 0 Å². The van der Waals surface area contributed by atoms with Crippen molar-refractivity contribution in [2.24, 2.45) is 5.92 Å². The summed E-state index contributed by atoms with van der Waals surface area (Å²) < 4.78 is 1.83. The molecule has 0 aliphatic carbocycles. The fourth-order valence-electron chi connectivity index (χ4n) is 4.62. The zero-order valence-corrected chi connectivity index (χ0v) is 19.8. The van der Waals surface area contributed by atoms with Crippen molar-refractivity contribution >= 4 is 17.8 Å². The number of benzene rings is 1. The molecule has 0 spiro atoms. The number of nitrogens with zero attached hydrogens (tertiary/aromatic N) is 7. The van der Waals surface area contributed by atoms with E-state index in [1.807, 2.05) is 41.6 Å². The molecule has 2 aliphatic rings. The maximum Gasteiger partial charge on any atom is 0.229 e. The van der Waals surface area contributed by atoms with Crippen LogP contribution < -0.4 is 4.90 Å². The van der Waals surface area contributed by atoms with Gasteiger partial charge < -0.3 is 9.80 Å². The van der Waals surface area contributed by atoms with Gasteiger partial charge in [0, 0.05) is 57.6 Å². The summed E-state index contributed by atoms with van der Waals surface area (Å²) in [5, 5.41) is 4.51. The van der Waals surface area contributed by atoms with Crippen LogP contribution in [-0.2, 0) is 4.79 Å². The molecule has 2 aliphatic heterocycles. The summed E-state index contributed by atoms with van der Waals surface area (Å²) in [6.07, 6.45) is 5.94. The van der Waals surface area contributed by atoms with Gasteiger partial charge in [-0.05, 0) is 25.5 Å². The molecule has 5 rings (SSSR count). The molecule has 2 fully saturated rings. The Morgan fingerprint density at radius 3 is 2.44 bits per heavy atom. The van der Waals surface area contributed by atoms with Crippen molar-refractivity contribution in [2.75, 3.05) is 50.7 Å². The SMILES string of the molecule is Cc1cc(C)n(-c2cc(N3CC(C(=O)N4CCN(C/C=C/c5ccccc5)CC4)C3)ncn2)n1. The minimum atomic E-state index is 0.0385. The molecule has 8 heteroatoms. The molecule has 0 atom stereocenters. The van der Waals surface area contributed by atoms with Gasteiger partial charge in [0.15, 0.2) is 5.82 Å². The normalized spacial score (nSPS) is 17.4. The van der Waals surface area contributed by atoms with E-state index < -0.39 is 0 Å². The largest absolute Gasteiger partial charge is 0.355 e. The summed E-state index contributed by atoms with van der Waals surface area (Å²) in [6, 6.07) is 14.3. The topological polar surface area (TPSA) is 70.4 Å². The number of rotatable bonds is 6. The van der Waals surface area contributed by atoms with Gasteiger partial charge in [0.1, 0.15) is 12.1 Å². The Bertz CT molecular complexity index is 1160. The van der Waals surface area contributed by atoms with E-state index >= 15 is 0 Å². The minimum absolute atomic E-state index is 0.0385. The lowest BCUT2D eigenvalue weighted by Gasteiger charge is -2.43. The lowest BCUT2D eigenvalue weighted by atomic mass is 9.98. The van der Waals surface area contributed by atoms with Crippen LogP contribution in [0.15, 0.2) is 54.9 Å². The van der Waals surface area contributed by atoms with Crippen molar-refractivity contribution in [1.29, 1.82) is 0 Å². The summed E-state index contributed by atoms with van der Waals surface area (Å²) in [7, 11) is 0. The van der Waals surface area contributed by atoms with E-state index in [-0.39, 0.29) is 11.8 Å². The Labute approximate surface area is 200 Å². The molecule has 34 heavy (non-hydrogen) atoms. The van der Waals surface area contributed by atoms with Gasteiger partial charge in [-0.3, -0.25) is 9.69 Å². The highest BCUT2D eigenvalue weighted by molar-refractivity contribution is 5.82. The molecule has 3 aromatic rings. The third kappa shape index (κ3) is 4.87. The van der Waals surface area contributed by atoms with Crippen molar-refractivity contribution in [3.8, 4) is 5.82 Å². The molecule has 0 saturated carbocycles. The summed E-state index contributed by atoms with van der Waals surface area (Å²) >= 11 is 0. The zero-order valence-electron chi connectivity index (χ0n) is 19.8. The second-order valence-corrected chi connectivity index (χ2v) is 9.11. The van der Waals surface area contributed by atoms with Crippen molar-refractivity contribution in [2.45, 2.75) is 13.8 Å². The van der Waals surface area contributed by atoms with E-state index in [1.165, 1.54) is 5.56 Å². The maximum absolute atomic E-state index is 13.0. The Morgan fingerprint density at radius 2 is 1.74 bits per heavy atom. The molecule has 0 unspecified atom stereocenters. The van der Waals surface area contributed by atoms with E-state index in [9.17, 15) is 4.79 Å². The molecule has 4 heterocycles. The molecule has 0 N–H and O–H groups in total. The zero-order chi connectivity index (χ0) is 23.5. The number of aromatic nitrogens is 4. The van der Waals surface area contributed by atoms with Crippen molar-refractivity contribution < 1.29 is 4.79 Å². The molecule has 1 aromatic carbocycles. The number of aryl methyl sites for hydroxylation is 2. The Balaban J connectivity index is 1.10. The molecule has 2 saturated heterocycles. The number of amides is 1. The molecule has 1 amide bonds. The number of hydrogen-bond donors (Lipinski definition) is 0. The molecule has 176 valence electrons. The second-order valence-electron chi connectivity index (χ2n) is 9.11. The van der Waals surface area contributed by atoms with Crippen molar-refractivity contribution in [1.82, 2.24) is 29.5 Å². The standard InChI is InChI=1S/C26H31N7O/c1-20-15-21(2)33(29-20)25-16-24(27-19-28-25)32-17-23(18-32)26(34)31-13-11-30(12-14-31)10-6-9-22-7-4-3-5-8-22/h3-9,15-16,19,23H,10-14,17-18H2,1-2H3/b9-6+. The fourth-order valence-corrected chi connectivity index (χ4v) is 4.62. The Kier molecular flexibility index (Phi) is 6.40. The lowest BCUT2D eigenvalue weighted by molar-refractivity contribution is -0.138. The summed E-state index contributed by atoms with van der Waals surface area (Å²) in [5.74, 6) is 1.90. The summed E-state index contributed by atoms with van der Waals surface area (Å²) in [5.41, 5.74) is 3.21. The van der Waals surface area contributed by atoms with E-state index in [0.717, 1.165) is 55.7 Å². The molecular weight excluding hydrogens is 426 g/mol. The molecule has 0 bridgehead atoms. The Morgan fingerprint density at radius 1 is 1.00 bits per heavy atom. The van der Waals surface area contributed by atoms with E-state index in [1.54, 1.807) is 6.33 Å². The van der Waals surface area contributed by atoms with Crippen LogP contribution in [0.25, 0.3) is 11.9 Å². The number of carbonyl (C=O) groups excluding carboxylic acids is 1. The van der Waals surface area contributed by atoms with Crippen LogP contribution in [0.2, 0.25) is 0 Å². The van der Waals surface area contributed by atoms with Gasteiger partial charge in [0.2, 0.25) is 5.91 Å². The van der Waals surface area contributed by atoms with Crippen molar-refractivity contribution in [3.63, 3.8) is 0 Å². The van der Waals surface area contributed by atoms with Gasteiger partial charge in [0.05, 0.1) is 11.6 Å². The average Bonchev–Trinajstić information content (AvgIpc) is 3.17. The van der Waals surface area contributed by atoms with Crippen LogP contribution >= 0.6 is 0 Å². The molecule has 8 nitrogen and oxygen atoms in total. The first kappa shape index (κ1) is 22.3. The van der Waals surface area contributed by atoms with Gasteiger partial charge in [-0.2, -0.15) is 5.10 Å². The smallest absolute Gasteiger partial charge is 0.229 e. The minimum Gasteiger partial charge on any atom is -0.355 e. The first-order valence-corrected chi connectivity index (χ1v) is 11.9. The number of carbonyl (C=O) groups is 1. The van der Waals surface area contributed by atoms with Crippen LogP contribution in [0, 0.1) is 19.8 Å². The molecule has 2 aromatic heterocycles. The predicted octanol–water partition coefficient (Wildman–Crippen LogP) is 2.57. The maximum atomic E-state index is 13.0. The average molecular weight is 458 g/mol. The van der Waals surface area contributed by atoms with Crippen LogP contribution in [-0.4, -0.2) is 81.3 Å². The Hall–Kier alpha value is -3.52. The van der Waals surface area contributed by atoms with Crippen LogP contribution in [0.5, 0.6) is 0 Å². The van der Waals surface area contributed by atoms with Gasteiger partial charge in [-0.15, -0.1) is 0 Å². The predicted molar refractivity (Wildman–Crippen MR) is 133 cm³/mol. The van der Waals surface area contributed by atoms with E-state index in [4.69, 9.17) is 0 Å². The number of hydrogen-bond acceptors (Lipinski definition) is 6. The lowest BCUT2D eigenvalue weighted by Crippen LogP contribution is -2.58. The van der Waals surface area contributed by atoms with Crippen LogP contribution in [0.1, 0.15) is 17.0 Å². The second kappa shape index (κ2) is 9.77. The highest BCUT2D eigenvalue weighted by atomic mass is 16.2. The van der Waals surface area contributed by atoms with Gasteiger partial charge in [-0.25, -0.2) is 14.6 Å². The van der Waals surface area contributed by atoms with Gasteiger partial charge in [-0.1, -0.05) is 42.5 Å². The van der Waals surface area contributed by atoms with E-state index in [2.05, 4.69) is 61.3 Å². The first-order chi connectivity index (χ1) is 16.6. The molecule has 0 radical (unpaired) electrons. The van der Waals surface area contributed by atoms with Gasteiger partial charge >= 0.3 is 0 Å². The highest BCUT2D eigenvalue weighted by Crippen LogP contribution is 2.26. The van der Waals surface area contributed by atoms with Crippen LogP contribution in [0.3, 0.4) is 0 Å². The third-order valence-corrected chi connectivity index (χ3v) is 6.58. The summed E-state index contributed by atoms with van der Waals surface area (Å²) in [4.78, 5) is 28.4. The highest BCUT2D eigenvalue weighted by Gasteiger charge is 2.37. The third-order valence-electron chi connectivity index (χ3n) is 6.58. The number of anilines is 1. The molecular formula is C26H31N7O. The van der Waals surface area contributed by atoms with Crippen molar-refractivity contribution in [3.05, 3.63) is 71.8 Å². The first-order valence-electron chi connectivity index (χ1n) is 11.9. The van der Waals surface area contributed by atoms with E-state index in [0.29, 0.717) is 13.1 Å².